The van der Waals surface area contributed by atoms with Gasteiger partial charge in [-0.2, -0.15) is 0 Å². The second-order valence-electron chi connectivity index (χ2n) is 10.4. The fraction of sp³-hybridized carbons (Fsp3) is 0.833. The second-order valence-corrected chi connectivity index (χ2v) is 11.8. The number of carboxylic acid groups (broad SMARTS) is 1. The van der Waals surface area contributed by atoms with E-state index in [2.05, 4.69) is 5.32 Å². The summed E-state index contributed by atoms with van der Waals surface area (Å²) in [5.74, 6) is -3.68. The summed E-state index contributed by atoms with van der Waals surface area (Å²) in [5, 5.41) is 52.9. The normalized spacial score (nSPS) is 33.4. The van der Waals surface area contributed by atoms with E-state index in [9.17, 15) is 54.2 Å². The molecule has 0 spiro atoms. The molecule has 0 radical (unpaired) electrons. The van der Waals surface area contributed by atoms with Gasteiger partial charge in [0.15, 0.2) is 37.0 Å². The van der Waals surface area contributed by atoms with E-state index in [0.717, 1.165) is 26.2 Å². The Morgan fingerprint density at radius 1 is 0.978 bits per heavy atom. The van der Waals surface area contributed by atoms with Gasteiger partial charge >= 0.3 is 19.9 Å². The van der Waals surface area contributed by atoms with Crippen LogP contribution < -0.4 is 16.8 Å². The Hall–Kier alpha value is -2.53. The maximum Gasteiger partial charge on any atom is 0.474 e. The van der Waals surface area contributed by atoms with Crippen LogP contribution in [0.2, 0.25) is 0 Å². The lowest BCUT2D eigenvalue weighted by Crippen LogP contribution is -2.68. The molecule has 0 aromatic heterocycles. The Bertz CT molecular complexity index is 1080. The highest BCUT2D eigenvalue weighted by Gasteiger charge is 2.56. The Labute approximate surface area is 262 Å². The summed E-state index contributed by atoms with van der Waals surface area (Å²) in [5.41, 5.74) is 10.4. The standard InChI is InChI=1S/C24H42N3O18P/c1-3-4-5-6-7-39-12(21(34)35)9-40-46(37,38)45-23-19(17(44-24(26)36)16(32)18(42-23)20(25)33)43-22-13(27-10(2)29)15(31)14(30)11(8-28)41-22/h11-19,22-23,28,30-32H,3-9H2,1-2H3,(H2,25,33)(H2,26,36)(H,27,29)(H,34,35)(H,37,38)/t11-,12-,13-,14-,15-,16+,17+,18+,19-,22+,23-/m1/s1. The number of ether oxygens (including phenoxy) is 5. The molecule has 12 atom stereocenters. The summed E-state index contributed by atoms with van der Waals surface area (Å²) in [6, 6.07) is -1.63. The summed E-state index contributed by atoms with van der Waals surface area (Å²) < 4.78 is 49.3. The maximum absolute atomic E-state index is 13.0. The number of phosphoric acid groups is 1. The highest BCUT2D eigenvalue weighted by atomic mass is 31.2. The lowest BCUT2D eigenvalue weighted by atomic mass is 9.95. The second kappa shape index (κ2) is 18.1. The van der Waals surface area contributed by atoms with Crippen LogP contribution in [0.5, 0.6) is 0 Å². The van der Waals surface area contributed by atoms with Crippen LogP contribution >= 0.6 is 7.82 Å². The number of nitrogens with one attached hydrogen (secondary N) is 1. The Kier molecular flexibility index (Phi) is 15.6. The van der Waals surface area contributed by atoms with Crippen molar-refractivity contribution in [3.63, 3.8) is 0 Å². The first-order valence-corrected chi connectivity index (χ1v) is 15.7. The summed E-state index contributed by atoms with van der Waals surface area (Å²) in [6.07, 6.45) is -18.1. The third kappa shape index (κ3) is 11.3. The molecule has 0 bridgehead atoms. The van der Waals surface area contributed by atoms with Gasteiger partial charge in [0.05, 0.1) is 13.2 Å². The third-order valence-corrected chi connectivity index (χ3v) is 7.76. The zero-order valence-electron chi connectivity index (χ0n) is 25.0. The number of carbonyl (C=O) groups is 4. The zero-order valence-corrected chi connectivity index (χ0v) is 25.9. The number of primary amides is 2. The molecule has 22 heteroatoms. The van der Waals surface area contributed by atoms with E-state index in [1.807, 2.05) is 6.92 Å². The molecule has 3 amide bonds. The minimum atomic E-state index is -5.40. The van der Waals surface area contributed by atoms with Crippen molar-refractivity contribution >= 4 is 31.7 Å². The number of hydrogen-bond acceptors (Lipinski definition) is 16. The predicted molar refractivity (Wildman–Crippen MR) is 147 cm³/mol. The van der Waals surface area contributed by atoms with Crippen LogP contribution in [0, 0.1) is 0 Å². The quantitative estimate of drug-likeness (QED) is 0.0498. The van der Waals surface area contributed by atoms with Crippen LogP contribution in [0.25, 0.3) is 0 Å². The molecular formula is C24H42N3O18P. The highest BCUT2D eigenvalue weighted by molar-refractivity contribution is 7.47. The van der Waals surface area contributed by atoms with E-state index in [4.69, 9.17) is 44.2 Å². The van der Waals surface area contributed by atoms with Gasteiger partial charge in [-0.25, -0.2) is 14.2 Å². The average Bonchev–Trinajstić information content (AvgIpc) is 2.96. The number of amides is 3. The van der Waals surface area contributed by atoms with Crippen LogP contribution in [0.3, 0.4) is 0 Å². The molecule has 21 nitrogen and oxygen atoms in total. The van der Waals surface area contributed by atoms with Crippen molar-refractivity contribution in [3.05, 3.63) is 0 Å². The summed E-state index contributed by atoms with van der Waals surface area (Å²) in [4.78, 5) is 57.7. The number of nitrogens with two attached hydrogens (primary N) is 2. The van der Waals surface area contributed by atoms with Gasteiger partial charge in [-0.15, -0.1) is 0 Å². The first-order valence-electron chi connectivity index (χ1n) is 14.2. The van der Waals surface area contributed by atoms with Crippen molar-refractivity contribution in [1.29, 1.82) is 0 Å². The number of unbranched alkanes of at least 4 members (excludes halogenated alkanes) is 3. The monoisotopic (exact) mass is 691 g/mol. The van der Waals surface area contributed by atoms with Crippen molar-refractivity contribution in [1.82, 2.24) is 5.32 Å². The molecule has 0 aromatic carbocycles. The van der Waals surface area contributed by atoms with Crippen molar-refractivity contribution in [2.45, 2.75) is 107 Å². The number of rotatable bonds is 18. The highest BCUT2D eigenvalue weighted by Crippen LogP contribution is 2.47. The SMILES string of the molecule is CCCCCCO[C@H](COP(=O)(O)O[C@H]1O[C@H](C(N)=O)[C@@H](O)[C@H](OC(N)=O)[C@H]1O[C@@H]1O[C@H](CO)[C@@H](O)[C@H](O)[C@H]1NC(C)=O)C(=O)O. The molecule has 2 rings (SSSR count). The van der Waals surface area contributed by atoms with Crippen molar-refractivity contribution < 1.29 is 86.9 Å². The largest absolute Gasteiger partial charge is 0.479 e. The fourth-order valence-electron chi connectivity index (χ4n) is 4.57. The van der Waals surface area contributed by atoms with E-state index >= 15 is 0 Å². The number of aliphatic hydroxyl groups excluding tert-OH is 4. The Balaban J connectivity index is 2.39. The summed E-state index contributed by atoms with van der Waals surface area (Å²) in [6.45, 7) is 1.09. The van der Waals surface area contributed by atoms with Crippen LogP contribution in [-0.4, -0.2) is 142 Å². The number of carbonyl (C=O) groups excluding carboxylic acids is 3. The summed E-state index contributed by atoms with van der Waals surface area (Å²) >= 11 is 0. The molecule has 0 aromatic rings. The number of aliphatic carboxylic acids is 1. The van der Waals surface area contributed by atoms with Gasteiger partial charge in [-0.1, -0.05) is 26.2 Å². The molecule has 266 valence electrons. The molecule has 1 unspecified atom stereocenters. The van der Waals surface area contributed by atoms with Crippen LogP contribution in [0.1, 0.15) is 39.5 Å². The lowest BCUT2D eigenvalue weighted by molar-refractivity contribution is -0.339. The minimum absolute atomic E-state index is 0.00484. The van der Waals surface area contributed by atoms with E-state index < -0.39 is 112 Å². The van der Waals surface area contributed by atoms with Crippen molar-refractivity contribution in [2.75, 3.05) is 19.8 Å². The van der Waals surface area contributed by atoms with Gasteiger partial charge in [0.1, 0.15) is 30.5 Å². The molecule has 2 fully saturated rings. The molecule has 2 aliphatic heterocycles. The molecule has 0 saturated carbocycles. The summed E-state index contributed by atoms with van der Waals surface area (Å²) in [7, 11) is -5.40. The van der Waals surface area contributed by atoms with Gasteiger partial charge < -0.3 is 70.9 Å². The molecule has 0 aliphatic carbocycles. The molecule has 2 aliphatic rings. The number of hydrogen-bond donors (Lipinski definition) is 9. The van der Waals surface area contributed by atoms with E-state index in [1.54, 1.807) is 0 Å². The smallest absolute Gasteiger partial charge is 0.474 e. The molecule has 46 heavy (non-hydrogen) atoms. The maximum atomic E-state index is 13.0. The van der Waals surface area contributed by atoms with Gasteiger partial charge in [0.25, 0.3) is 0 Å². The molecule has 11 N–H and O–H groups in total. The van der Waals surface area contributed by atoms with E-state index in [1.165, 1.54) is 0 Å². The van der Waals surface area contributed by atoms with Gasteiger partial charge in [0, 0.05) is 13.5 Å². The third-order valence-electron chi connectivity index (χ3n) is 6.81. The van der Waals surface area contributed by atoms with E-state index in [0.29, 0.717) is 6.42 Å². The van der Waals surface area contributed by atoms with Crippen molar-refractivity contribution in [3.8, 4) is 0 Å². The molecular weight excluding hydrogens is 649 g/mol. The van der Waals surface area contributed by atoms with Crippen LogP contribution in [0.15, 0.2) is 0 Å². The van der Waals surface area contributed by atoms with Gasteiger partial charge in [-0.3, -0.25) is 18.6 Å². The van der Waals surface area contributed by atoms with Crippen LogP contribution in [-0.2, 0) is 51.7 Å². The first kappa shape index (κ1) is 39.6. The molecule has 2 heterocycles. The molecule has 2 saturated heterocycles. The van der Waals surface area contributed by atoms with Gasteiger partial charge in [0.2, 0.25) is 11.8 Å². The van der Waals surface area contributed by atoms with Gasteiger partial charge in [-0.05, 0) is 6.42 Å². The predicted octanol–water partition coefficient (Wildman–Crippen LogP) is -3.47. The first-order chi connectivity index (χ1) is 21.5. The number of phosphoric ester groups is 1. The minimum Gasteiger partial charge on any atom is -0.479 e. The van der Waals surface area contributed by atoms with E-state index in [-0.39, 0.29) is 6.61 Å². The number of aliphatic hydroxyl groups is 4. The lowest BCUT2D eigenvalue weighted by Gasteiger charge is -2.47. The average molecular weight is 692 g/mol. The number of carboxylic acids is 1. The fourth-order valence-corrected chi connectivity index (χ4v) is 5.38. The zero-order chi connectivity index (χ0) is 34.8. The topological polar surface area (TPSA) is 335 Å². The van der Waals surface area contributed by atoms with Crippen LogP contribution in [0.4, 0.5) is 4.79 Å². The Morgan fingerprint density at radius 2 is 1.65 bits per heavy atom. The Morgan fingerprint density at radius 3 is 2.20 bits per heavy atom. The van der Waals surface area contributed by atoms with Crippen molar-refractivity contribution in [2.24, 2.45) is 11.5 Å².